The Morgan fingerprint density at radius 2 is 2.08 bits per heavy atom. The van der Waals surface area contributed by atoms with Gasteiger partial charge in [-0.25, -0.2) is 4.98 Å². The first-order chi connectivity index (χ1) is 10.8. The second kappa shape index (κ2) is 8.75. The Morgan fingerprint density at radius 3 is 2.58 bits per heavy atom. The Morgan fingerprint density at radius 1 is 1.38 bits per heavy atom. The smallest absolute Gasteiger partial charge is 0.232 e. The fourth-order valence-electron chi connectivity index (χ4n) is 1.97. The normalized spacial score (nSPS) is 12.0. The summed E-state index contributed by atoms with van der Waals surface area (Å²) in [5.74, 6) is 2.02. The lowest BCUT2D eigenvalue weighted by atomic mass is 9.97. The van der Waals surface area contributed by atoms with E-state index in [0.717, 1.165) is 16.7 Å². The number of halogens is 1. The maximum atomic E-state index is 5.29. The van der Waals surface area contributed by atoms with Gasteiger partial charge in [-0.05, 0) is 6.92 Å². The molecular formula is C15H25IN6OS. The number of aryl methyl sites for hydroxylation is 1. The first-order valence-corrected chi connectivity index (χ1v) is 8.33. The third-order valence-electron chi connectivity index (χ3n) is 3.15. The predicted molar refractivity (Wildman–Crippen MR) is 107 cm³/mol. The summed E-state index contributed by atoms with van der Waals surface area (Å²) in [5.41, 5.74) is 0.888. The molecule has 0 unspecified atom stereocenters. The first-order valence-electron chi connectivity index (χ1n) is 7.45. The van der Waals surface area contributed by atoms with Crippen LogP contribution >= 0.6 is 35.3 Å². The molecule has 0 radical (unpaired) electrons. The van der Waals surface area contributed by atoms with Crippen molar-refractivity contribution in [1.82, 2.24) is 25.3 Å². The molecule has 24 heavy (non-hydrogen) atoms. The van der Waals surface area contributed by atoms with Crippen molar-refractivity contribution in [2.75, 3.05) is 14.1 Å². The van der Waals surface area contributed by atoms with Crippen LogP contribution < -0.4 is 5.32 Å². The number of nitrogens with zero attached hydrogens (tertiary/aromatic N) is 5. The highest BCUT2D eigenvalue weighted by Gasteiger charge is 2.21. The molecule has 0 atom stereocenters. The van der Waals surface area contributed by atoms with E-state index in [1.54, 1.807) is 18.4 Å². The van der Waals surface area contributed by atoms with Crippen molar-refractivity contribution >= 4 is 41.3 Å². The number of guanidine groups is 1. The van der Waals surface area contributed by atoms with E-state index in [0.29, 0.717) is 24.8 Å². The Balaban J connectivity index is 0.00000288. The van der Waals surface area contributed by atoms with Crippen LogP contribution in [0, 0.1) is 6.92 Å². The van der Waals surface area contributed by atoms with E-state index >= 15 is 0 Å². The topological polar surface area (TPSA) is 79.4 Å². The van der Waals surface area contributed by atoms with Crippen LogP contribution in [0.5, 0.6) is 0 Å². The Kier molecular flexibility index (Phi) is 7.58. The zero-order valence-corrected chi connectivity index (χ0v) is 18.1. The molecule has 2 rings (SSSR count). The quantitative estimate of drug-likeness (QED) is 0.426. The fraction of sp³-hybridized carbons (Fsp3) is 0.600. The van der Waals surface area contributed by atoms with Crippen LogP contribution in [0.15, 0.2) is 14.9 Å². The van der Waals surface area contributed by atoms with Crippen molar-refractivity contribution in [3.05, 3.63) is 27.8 Å². The molecule has 0 saturated heterocycles. The fourth-order valence-corrected chi connectivity index (χ4v) is 2.58. The highest BCUT2D eigenvalue weighted by Crippen LogP contribution is 2.19. The van der Waals surface area contributed by atoms with E-state index in [2.05, 4.69) is 30.8 Å². The van der Waals surface area contributed by atoms with E-state index in [9.17, 15) is 0 Å². The summed E-state index contributed by atoms with van der Waals surface area (Å²) in [7, 11) is 3.72. The summed E-state index contributed by atoms with van der Waals surface area (Å²) in [6.07, 6.45) is 0. The van der Waals surface area contributed by atoms with E-state index in [-0.39, 0.29) is 29.4 Å². The van der Waals surface area contributed by atoms with Gasteiger partial charge < -0.3 is 14.7 Å². The van der Waals surface area contributed by atoms with E-state index in [1.807, 2.05) is 39.6 Å². The average Bonchev–Trinajstić information content (AvgIpc) is 3.08. The number of hydrogen-bond donors (Lipinski definition) is 1. The molecule has 0 bridgehead atoms. The molecular weight excluding hydrogens is 439 g/mol. The van der Waals surface area contributed by atoms with Gasteiger partial charge in [0.2, 0.25) is 5.89 Å². The van der Waals surface area contributed by atoms with Crippen molar-refractivity contribution in [2.45, 2.75) is 46.2 Å². The van der Waals surface area contributed by atoms with Gasteiger partial charge in [0.15, 0.2) is 11.8 Å². The minimum absolute atomic E-state index is 0. The van der Waals surface area contributed by atoms with Gasteiger partial charge in [0.1, 0.15) is 0 Å². The van der Waals surface area contributed by atoms with Gasteiger partial charge in [-0.15, -0.1) is 35.3 Å². The lowest BCUT2D eigenvalue weighted by Gasteiger charge is -2.20. The molecule has 1 N–H and O–H groups in total. The molecule has 0 aliphatic carbocycles. The average molecular weight is 464 g/mol. The molecule has 0 aromatic carbocycles. The number of aliphatic imine (C=N–C) groups is 1. The van der Waals surface area contributed by atoms with E-state index in [1.165, 1.54) is 0 Å². The van der Waals surface area contributed by atoms with Crippen LogP contribution in [0.2, 0.25) is 0 Å². The number of hydrogen-bond acceptors (Lipinski definition) is 6. The molecule has 2 heterocycles. The lowest BCUT2D eigenvalue weighted by Crippen LogP contribution is -2.38. The Labute approximate surface area is 164 Å². The maximum Gasteiger partial charge on any atom is 0.232 e. The first kappa shape index (κ1) is 20.8. The van der Waals surface area contributed by atoms with E-state index in [4.69, 9.17) is 4.52 Å². The monoisotopic (exact) mass is 464 g/mol. The van der Waals surface area contributed by atoms with Gasteiger partial charge in [-0.3, -0.25) is 4.99 Å². The maximum absolute atomic E-state index is 5.29. The molecule has 134 valence electrons. The third-order valence-corrected chi connectivity index (χ3v) is 3.98. The molecule has 0 amide bonds. The van der Waals surface area contributed by atoms with Gasteiger partial charge in [0.05, 0.1) is 23.8 Å². The van der Waals surface area contributed by atoms with Crippen LogP contribution in [0.1, 0.15) is 43.2 Å². The van der Waals surface area contributed by atoms with Crippen molar-refractivity contribution in [1.29, 1.82) is 0 Å². The van der Waals surface area contributed by atoms with Crippen molar-refractivity contribution in [3.8, 4) is 0 Å². The molecule has 0 spiro atoms. The van der Waals surface area contributed by atoms with Gasteiger partial charge in [0, 0.05) is 24.9 Å². The highest BCUT2D eigenvalue weighted by molar-refractivity contribution is 14.0. The molecule has 0 aliphatic rings. The minimum Gasteiger partial charge on any atom is -0.349 e. The Bertz CT molecular complexity index is 676. The summed E-state index contributed by atoms with van der Waals surface area (Å²) in [4.78, 5) is 15.2. The molecule has 0 fully saturated rings. The summed E-state index contributed by atoms with van der Waals surface area (Å²) in [5, 5.41) is 10.4. The molecule has 2 aromatic rings. The second-order valence-corrected chi connectivity index (χ2v) is 7.44. The lowest BCUT2D eigenvalue weighted by molar-refractivity contribution is 0.318. The number of nitrogens with one attached hydrogen (secondary N) is 1. The zero-order valence-electron chi connectivity index (χ0n) is 15.0. The zero-order chi connectivity index (χ0) is 17.0. The molecule has 9 heteroatoms. The molecule has 7 nitrogen and oxygen atoms in total. The number of aromatic nitrogens is 3. The highest BCUT2D eigenvalue weighted by atomic mass is 127. The van der Waals surface area contributed by atoms with Crippen LogP contribution in [0.25, 0.3) is 0 Å². The SMILES string of the molecule is CN=C(NCc1noc(C(C)(C)C)n1)N(C)Cc1csc(C)n1.I. The van der Waals surface area contributed by atoms with Crippen molar-refractivity contribution in [3.63, 3.8) is 0 Å². The van der Waals surface area contributed by atoms with Crippen molar-refractivity contribution in [2.24, 2.45) is 4.99 Å². The van der Waals surface area contributed by atoms with Crippen LogP contribution in [-0.2, 0) is 18.5 Å². The minimum atomic E-state index is -0.147. The van der Waals surface area contributed by atoms with Gasteiger partial charge in [0.25, 0.3) is 0 Å². The van der Waals surface area contributed by atoms with E-state index < -0.39 is 0 Å². The van der Waals surface area contributed by atoms with Crippen LogP contribution in [-0.4, -0.2) is 40.1 Å². The summed E-state index contributed by atoms with van der Waals surface area (Å²) >= 11 is 1.65. The van der Waals surface area contributed by atoms with Crippen molar-refractivity contribution < 1.29 is 4.52 Å². The predicted octanol–water partition coefficient (Wildman–Crippen LogP) is 2.96. The number of thiazole rings is 1. The third kappa shape index (κ3) is 5.69. The molecule has 0 aliphatic heterocycles. The largest absolute Gasteiger partial charge is 0.349 e. The summed E-state index contributed by atoms with van der Waals surface area (Å²) < 4.78 is 5.29. The summed E-state index contributed by atoms with van der Waals surface area (Å²) in [6, 6.07) is 0. The van der Waals surface area contributed by atoms with Gasteiger partial charge in [-0.1, -0.05) is 25.9 Å². The molecule has 2 aromatic heterocycles. The number of rotatable bonds is 4. The standard InChI is InChI=1S/C15H24N6OS.HI/c1-10-18-11(9-23-10)8-21(6)14(16-5)17-7-12-19-13(22-20-12)15(2,3)4;/h9H,7-8H2,1-6H3,(H,16,17);1H. The Hall–Kier alpha value is -1.23. The second-order valence-electron chi connectivity index (χ2n) is 6.38. The summed E-state index contributed by atoms with van der Waals surface area (Å²) in [6.45, 7) is 9.29. The van der Waals surface area contributed by atoms with Gasteiger partial charge in [-0.2, -0.15) is 4.98 Å². The van der Waals surface area contributed by atoms with Crippen LogP contribution in [0.3, 0.4) is 0 Å². The molecule has 0 saturated carbocycles. The van der Waals surface area contributed by atoms with Gasteiger partial charge >= 0.3 is 0 Å². The van der Waals surface area contributed by atoms with Crippen LogP contribution in [0.4, 0.5) is 0 Å².